The van der Waals surface area contributed by atoms with E-state index in [4.69, 9.17) is 10.8 Å². The molecule has 0 radical (unpaired) electrons. The molecule has 1 atom stereocenters. The lowest BCUT2D eigenvalue weighted by molar-refractivity contribution is 0.134. The summed E-state index contributed by atoms with van der Waals surface area (Å²) in [5.41, 5.74) is 6.90. The standard InChI is InChI=1S/C9H13NO2/c10-8-3-1-2-7(6-8)9(12)4-5-11/h1-3,6,9,11-12H,4-5,10H2. The molecule has 0 heterocycles. The SMILES string of the molecule is Nc1cccc(C(O)CCO)c1. The summed E-state index contributed by atoms with van der Waals surface area (Å²) in [6.07, 6.45) is -0.262. The van der Waals surface area contributed by atoms with Crippen LogP contribution in [0.3, 0.4) is 0 Å². The fourth-order valence-corrected chi connectivity index (χ4v) is 1.06. The fourth-order valence-electron chi connectivity index (χ4n) is 1.06. The largest absolute Gasteiger partial charge is 0.399 e. The van der Waals surface area contributed by atoms with Gasteiger partial charge in [-0.25, -0.2) is 0 Å². The van der Waals surface area contributed by atoms with Crippen molar-refractivity contribution in [1.29, 1.82) is 0 Å². The predicted octanol–water partition coefficient (Wildman–Crippen LogP) is 0.685. The van der Waals surface area contributed by atoms with Crippen LogP contribution in [0.2, 0.25) is 0 Å². The zero-order valence-electron chi connectivity index (χ0n) is 6.77. The van der Waals surface area contributed by atoms with Gasteiger partial charge < -0.3 is 15.9 Å². The molecule has 0 aliphatic carbocycles. The number of hydrogen-bond acceptors (Lipinski definition) is 3. The highest BCUT2D eigenvalue weighted by atomic mass is 16.3. The second-order valence-electron chi connectivity index (χ2n) is 2.70. The Balaban J connectivity index is 2.73. The first-order chi connectivity index (χ1) is 5.74. The van der Waals surface area contributed by atoms with Crippen LogP contribution < -0.4 is 5.73 Å². The average molecular weight is 167 g/mol. The maximum atomic E-state index is 9.43. The van der Waals surface area contributed by atoms with Gasteiger partial charge in [-0.2, -0.15) is 0 Å². The van der Waals surface area contributed by atoms with Gasteiger partial charge in [-0.05, 0) is 17.7 Å². The van der Waals surface area contributed by atoms with Gasteiger partial charge in [0, 0.05) is 18.7 Å². The molecule has 3 nitrogen and oxygen atoms in total. The molecule has 66 valence electrons. The molecule has 1 aromatic rings. The highest BCUT2D eigenvalue weighted by Crippen LogP contribution is 2.17. The van der Waals surface area contributed by atoms with Gasteiger partial charge in [0.1, 0.15) is 0 Å². The van der Waals surface area contributed by atoms with Crippen LogP contribution in [0.15, 0.2) is 24.3 Å². The highest BCUT2D eigenvalue weighted by molar-refractivity contribution is 5.41. The minimum absolute atomic E-state index is 0.0179. The molecule has 0 aliphatic rings. The third-order valence-corrected chi connectivity index (χ3v) is 1.70. The number of aliphatic hydroxyl groups is 2. The molecule has 4 N–H and O–H groups in total. The number of anilines is 1. The van der Waals surface area contributed by atoms with E-state index in [9.17, 15) is 5.11 Å². The van der Waals surface area contributed by atoms with Crippen molar-refractivity contribution in [1.82, 2.24) is 0 Å². The van der Waals surface area contributed by atoms with E-state index in [1.807, 2.05) is 0 Å². The number of hydrogen-bond donors (Lipinski definition) is 3. The summed E-state index contributed by atoms with van der Waals surface area (Å²) in [5, 5.41) is 18.0. The monoisotopic (exact) mass is 167 g/mol. The zero-order valence-corrected chi connectivity index (χ0v) is 6.77. The van der Waals surface area contributed by atoms with Crippen LogP contribution in [0.25, 0.3) is 0 Å². The lowest BCUT2D eigenvalue weighted by Gasteiger charge is -2.08. The number of nitrogen functional groups attached to an aromatic ring is 1. The first-order valence-electron chi connectivity index (χ1n) is 3.88. The van der Waals surface area contributed by atoms with E-state index in [0.29, 0.717) is 12.1 Å². The molecule has 0 aromatic heterocycles. The lowest BCUT2D eigenvalue weighted by Crippen LogP contribution is -2.00. The van der Waals surface area contributed by atoms with E-state index >= 15 is 0 Å². The molecule has 0 aliphatic heterocycles. The summed E-state index contributed by atoms with van der Waals surface area (Å²) in [6, 6.07) is 7.04. The van der Waals surface area contributed by atoms with Crippen molar-refractivity contribution in [3.63, 3.8) is 0 Å². The van der Waals surface area contributed by atoms with E-state index in [2.05, 4.69) is 0 Å². The molecule has 0 amide bonds. The second-order valence-corrected chi connectivity index (χ2v) is 2.70. The molecule has 3 heteroatoms. The molecule has 0 saturated heterocycles. The van der Waals surface area contributed by atoms with Crippen molar-refractivity contribution in [2.45, 2.75) is 12.5 Å². The van der Waals surface area contributed by atoms with Crippen molar-refractivity contribution in [2.24, 2.45) is 0 Å². The fraction of sp³-hybridized carbons (Fsp3) is 0.333. The second kappa shape index (κ2) is 4.09. The van der Waals surface area contributed by atoms with Crippen LogP contribution in [0.5, 0.6) is 0 Å². The Kier molecular flexibility index (Phi) is 3.08. The van der Waals surface area contributed by atoms with E-state index in [-0.39, 0.29) is 6.61 Å². The summed E-state index contributed by atoms with van der Waals surface area (Å²) in [4.78, 5) is 0. The number of benzene rings is 1. The highest BCUT2D eigenvalue weighted by Gasteiger charge is 2.05. The van der Waals surface area contributed by atoms with Crippen LogP contribution in [-0.4, -0.2) is 16.8 Å². The Morgan fingerprint density at radius 2 is 2.17 bits per heavy atom. The Labute approximate surface area is 71.5 Å². The summed E-state index contributed by atoms with van der Waals surface area (Å²) in [6.45, 7) is -0.0179. The Morgan fingerprint density at radius 1 is 1.42 bits per heavy atom. The van der Waals surface area contributed by atoms with Crippen LogP contribution >= 0.6 is 0 Å². The van der Waals surface area contributed by atoms with Crippen molar-refractivity contribution in [2.75, 3.05) is 12.3 Å². The smallest absolute Gasteiger partial charge is 0.0812 e. The third-order valence-electron chi connectivity index (χ3n) is 1.70. The van der Waals surface area contributed by atoms with Gasteiger partial charge in [0.25, 0.3) is 0 Å². The Hall–Kier alpha value is -1.06. The maximum absolute atomic E-state index is 9.43. The molecule has 0 fully saturated rings. The minimum atomic E-state index is -0.613. The summed E-state index contributed by atoms with van der Waals surface area (Å²) < 4.78 is 0. The van der Waals surface area contributed by atoms with Gasteiger partial charge in [-0.3, -0.25) is 0 Å². The molecule has 0 spiro atoms. The van der Waals surface area contributed by atoms with Gasteiger partial charge in [0.15, 0.2) is 0 Å². The van der Waals surface area contributed by atoms with Crippen molar-refractivity contribution < 1.29 is 10.2 Å². The molecule has 12 heavy (non-hydrogen) atoms. The quantitative estimate of drug-likeness (QED) is 0.580. The molecule has 0 bridgehead atoms. The minimum Gasteiger partial charge on any atom is -0.399 e. The third kappa shape index (κ3) is 2.22. The van der Waals surface area contributed by atoms with Gasteiger partial charge in [-0.15, -0.1) is 0 Å². The summed E-state index contributed by atoms with van der Waals surface area (Å²) in [5.74, 6) is 0. The van der Waals surface area contributed by atoms with Crippen LogP contribution in [0.1, 0.15) is 18.1 Å². The van der Waals surface area contributed by atoms with E-state index in [1.165, 1.54) is 0 Å². The summed E-state index contributed by atoms with van der Waals surface area (Å²) >= 11 is 0. The van der Waals surface area contributed by atoms with Crippen LogP contribution in [-0.2, 0) is 0 Å². The van der Waals surface area contributed by atoms with Gasteiger partial charge >= 0.3 is 0 Å². The predicted molar refractivity (Wildman–Crippen MR) is 47.5 cm³/mol. The lowest BCUT2D eigenvalue weighted by atomic mass is 10.1. The molecule has 0 saturated carbocycles. The van der Waals surface area contributed by atoms with Crippen molar-refractivity contribution in [3.8, 4) is 0 Å². The van der Waals surface area contributed by atoms with E-state index in [0.717, 1.165) is 5.56 Å². The normalized spacial score (nSPS) is 12.8. The molecule has 1 aromatic carbocycles. The molecular formula is C9H13NO2. The van der Waals surface area contributed by atoms with E-state index in [1.54, 1.807) is 24.3 Å². The van der Waals surface area contributed by atoms with E-state index < -0.39 is 6.10 Å². The number of rotatable bonds is 3. The first kappa shape index (κ1) is 9.03. The molecule has 1 unspecified atom stereocenters. The van der Waals surface area contributed by atoms with Crippen LogP contribution in [0, 0.1) is 0 Å². The van der Waals surface area contributed by atoms with Crippen LogP contribution in [0.4, 0.5) is 5.69 Å². The number of nitrogens with two attached hydrogens (primary N) is 1. The van der Waals surface area contributed by atoms with Crippen molar-refractivity contribution >= 4 is 5.69 Å². The first-order valence-corrected chi connectivity index (χ1v) is 3.88. The maximum Gasteiger partial charge on any atom is 0.0812 e. The summed E-state index contributed by atoms with van der Waals surface area (Å²) in [7, 11) is 0. The average Bonchev–Trinajstić information content (AvgIpc) is 2.05. The zero-order chi connectivity index (χ0) is 8.97. The van der Waals surface area contributed by atoms with Crippen molar-refractivity contribution in [3.05, 3.63) is 29.8 Å². The van der Waals surface area contributed by atoms with Gasteiger partial charge in [-0.1, -0.05) is 12.1 Å². The molecular weight excluding hydrogens is 154 g/mol. The van der Waals surface area contributed by atoms with Gasteiger partial charge in [0.05, 0.1) is 6.10 Å². The number of aliphatic hydroxyl groups excluding tert-OH is 2. The Bertz CT molecular complexity index is 250. The molecule has 1 rings (SSSR count). The topological polar surface area (TPSA) is 66.5 Å². The van der Waals surface area contributed by atoms with Gasteiger partial charge in [0.2, 0.25) is 0 Å². The Morgan fingerprint density at radius 3 is 2.75 bits per heavy atom.